The molecule has 5 nitrogen and oxygen atoms in total. The van der Waals surface area contributed by atoms with Crippen molar-refractivity contribution >= 4 is 17.7 Å². The zero-order chi connectivity index (χ0) is 16.4. The van der Waals surface area contributed by atoms with Crippen LogP contribution in [0.3, 0.4) is 0 Å². The molecule has 1 aliphatic rings. The average Bonchev–Trinajstić information content (AvgIpc) is 3.17. The third-order valence-corrected chi connectivity index (χ3v) is 5.38. The van der Waals surface area contributed by atoms with Crippen molar-refractivity contribution in [2.75, 3.05) is 19.4 Å². The van der Waals surface area contributed by atoms with Gasteiger partial charge in [0.1, 0.15) is 16.9 Å². The van der Waals surface area contributed by atoms with Gasteiger partial charge in [0.15, 0.2) is 0 Å². The summed E-state index contributed by atoms with van der Waals surface area (Å²) in [6, 6.07) is 7.92. The summed E-state index contributed by atoms with van der Waals surface area (Å²) in [6.07, 6.45) is 0.342. The van der Waals surface area contributed by atoms with Crippen LogP contribution >= 0.6 is 11.8 Å². The molecule has 0 N–H and O–H groups in total. The number of rotatable bonds is 4. The fourth-order valence-corrected chi connectivity index (χ4v) is 4.06. The quantitative estimate of drug-likeness (QED) is 0.861. The van der Waals surface area contributed by atoms with E-state index >= 15 is 0 Å². The number of hydrogen-bond acceptors (Lipinski definition) is 5. The van der Waals surface area contributed by atoms with Crippen LogP contribution in [0.2, 0.25) is 0 Å². The van der Waals surface area contributed by atoms with Crippen molar-refractivity contribution in [3.05, 3.63) is 46.8 Å². The molecule has 2 heterocycles. The van der Waals surface area contributed by atoms with Crippen LogP contribution in [0.5, 0.6) is 5.75 Å². The Hall–Kier alpha value is -1.95. The van der Waals surface area contributed by atoms with Crippen LogP contribution in [-0.2, 0) is 11.2 Å². The van der Waals surface area contributed by atoms with Gasteiger partial charge < -0.3 is 14.2 Å². The molecule has 0 radical (unpaired) electrons. The van der Waals surface area contributed by atoms with E-state index in [1.54, 1.807) is 18.9 Å². The van der Waals surface area contributed by atoms with E-state index < -0.39 is 0 Å². The number of thioether (sulfide) groups is 1. The van der Waals surface area contributed by atoms with Crippen LogP contribution in [0.25, 0.3) is 0 Å². The summed E-state index contributed by atoms with van der Waals surface area (Å²) >= 11 is 1.79. The lowest BCUT2D eigenvalue weighted by atomic mass is 10.1. The van der Waals surface area contributed by atoms with E-state index in [0.717, 1.165) is 40.6 Å². The van der Waals surface area contributed by atoms with E-state index in [1.807, 2.05) is 43.0 Å². The maximum absolute atomic E-state index is 12.7. The van der Waals surface area contributed by atoms with E-state index in [-0.39, 0.29) is 11.3 Å². The first-order chi connectivity index (χ1) is 11.1. The number of aryl methyl sites for hydroxylation is 2. The second kappa shape index (κ2) is 6.66. The Bertz CT molecular complexity index is 677. The van der Waals surface area contributed by atoms with E-state index in [4.69, 9.17) is 9.26 Å². The Balaban J connectivity index is 1.76. The minimum Gasteiger partial charge on any atom is -0.497 e. The summed E-state index contributed by atoms with van der Waals surface area (Å²) in [5.74, 6) is 2.61. The fraction of sp³-hybridized carbons (Fsp3) is 0.412. The number of hydrogen-bond donors (Lipinski definition) is 0. The van der Waals surface area contributed by atoms with Gasteiger partial charge in [-0.25, -0.2) is 0 Å². The Morgan fingerprint density at radius 3 is 2.74 bits per heavy atom. The lowest BCUT2D eigenvalue weighted by Gasteiger charge is -2.24. The largest absolute Gasteiger partial charge is 0.497 e. The van der Waals surface area contributed by atoms with Crippen molar-refractivity contribution in [3.63, 3.8) is 0 Å². The van der Waals surface area contributed by atoms with E-state index in [1.165, 1.54) is 0 Å². The molecule has 1 saturated heterocycles. The fourth-order valence-electron chi connectivity index (χ4n) is 2.78. The smallest absolute Gasteiger partial charge is 0.228 e. The molecule has 1 aromatic heterocycles. The highest BCUT2D eigenvalue weighted by molar-refractivity contribution is 7.99. The molecule has 0 spiro atoms. The van der Waals surface area contributed by atoms with Gasteiger partial charge >= 0.3 is 0 Å². The zero-order valence-corrected chi connectivity index (χ0v) is 14.4. The highest BCUT2D eigenvalue weighted by Gasteiger charge is 2.31. The molecular weight excluding hydrogens is 312 g/mol. The summed E-state index contributed by atoms with van der Waals surface area (Å²) in [5, 5.41) is 3.99. The Morgan fingerprint density at radius 2 is 2.13 bits per heavy atom. The van der Waals surface area contributed by atoms with Gasteiger partial charge in [0.25, 0.3) is 0 Å². The molecule has 1 aliphatic heterocycles. The first kappa shape index (κ1) is 15.9. The number of carbonyl (C=O) groups excluding carboxylic acids is 1. The predicted octanol–water partition coefficient (Wildman–Crippen LogP) is 3.12. The molecule has 0 saturated carbocycles. The van der Waals surface area contributed by atoms with Crippen molar-refractivity contribution in [3.8, 4) is 5.75 Å². The Labute approximate surface area is 140 Å². The van der Waals surface area contributed by atoms with E-state index in [2.05, 4.69) is 5.16 Å². The molecule has 0 unspecified atom stereocenters. The maximum Gasteiger partial charge on any atom is 0.228 e. The molecule has 6 heteroatoms. The third kappa shape index (κ3) is 3.22. The second-order valence-corrected chi connectivity index (χ2v) is 6.75. The number of amides is 1. The van der Waals surface area contributed by atoms with Gasteiger partial charge in [-0.3, -0.25) is 4.79 Å². The summed E-state index contributed by atoms with van der Waals surface area (Å²) < 4.78 is 10.4. The maximum atomic E-state index is 12.7. The normalized spacial score (nSPS) is 17.5. The molecule has 3 rings (SSSR count). The zero-order valence-electron chi connectivity index (χ0n) is 13.5. The van der Waals surface area contributed by atoms with Gasteiger partial charge in [-0.05, 0) is 31.5 Å². The highest BCUT2D eigenvalue weighted by atomic mass is 32.2. The van der Waals surface area contributed by atoms with Crippen molar-refractivity contribution in [1.29, 1.82) is 0 Å². The number of nitrogens with zero attached hydrogens (tertiary/aromatic N) is 2. The van der Waals surface area contributed by atoms with Gasteiger partial charge in [-0.1, -0.05) is 17.3 Å². The van der Waals surface area contributed by atoms with Crippen LogP contribution in [0.1, 0.15) is 28.0 Å². The number of benzene rings is 1. The van der Waals surface area contributed by atoms with E-state index in [9.17, 15) is 4.79 Å². The van der Waals surface area contributed by atoms with Crippen LogP contribution in [0, 0.1) is 13.8 Å². The Morgan fingerprint density at radius 1 is 1.39 bits per heavy atom. The number of aromatic nitrogens is 1. The lowest BCUT2D eigenvalue weighted by Crippen LogP contribution is -2.31. The minimum absolute atomic E-state index is 0.0638. The average molecular weight is 332 g/mol. The van der Waals surface area contributed by atoms with Crippen molar-refractivity contribution in [2.24, 2.45) is 0 Å². The number of methoxy groups -OCH3 is 1. The summed E-state index contributed by atoms with van der Waals surface area (Å²) in [4.78, 5) is 14.7. The monoisotopic (exact) mass is 332 g/mol. The topological polar surface area (TPSA) is 55.6 Å². The molecule has 1 atom stereocenters. The number of ether oxygens (including phenoxy) is 1. The number of carbonyl (C=O) groups is 1. The van der Waals surface area contributed by atoms with Crippen molar-refractivity contribution in [2.45, 2.75) is 25.6 Å². The minimum atomic E-state index is 0.0638. The van der Waals surface area contributed by atoms with Gasteiger partial charge in [0.05, 0.1) is 19.2 Å². The van der Waals surface area contributed by atoms with Crippen LogP contribution < -0.4 is 4.74 Å². The SMILES string of the molecule is COc1ccc([C@@H]2SCCN2C(=O)Cc2c(C)noc2C)cc1. The standard InChI is InChI=1S/C17H20N2O3S/c1-11-15(12(2)22-18-11)10-16(20)19-8-9-23-17(19)13-4-6-14(21-3)7-5-13/h4-7,17H,8-10H2,1-3H3/t17-/m0/s1. The molecule has 2 aromatic rings. The molecular formula is C17H20N2O3S. The van der Waals surface area contributed by atoms with Crippen molar-refractivity contribution in [1.82, 2.24) is 10.1 Å². The summed E-state index contributed by atoms with van der Waals surface area (Å²) in [5.41, 5.74) is 2.82. The molecule has 0 bridgehead atoms. The van der Waals surface area contributed by atoms with Gasteiger partial charge in [-0.2, -0.15) is 0 Å². The Kier molecular flexibility index (Phi) is 4.61. The molecule has 1 aromatic carbocycles. The lowest BCUT2D eigenvalue weighted by molar-refractivity contribution is -0.130. The molecule has 1 amide bonds. The van der Waals surface area contributed by atoms with E-state index in [0.29, 0.717) is 6.42 Å². The van der Waals surface area contributed by atoms with Crippen LogP contribution in [-0.4, -0.2) is 35.4 Å². The van der Waals surface area contributed by atoms with Crippen molar-refractivity contribution < 1.29 is 14.1 Å². The van der Waals surface area contributed by atoms with Crippen LogP contribution in [0.15, 0.2) is 28.8 Å². The summed E-state index contributed by atoms with van der Waals surface area (Å²) in [7, 11) is 1.65. The molecule has 122 valence electrons. The highest BCUT2D eigenvalue weighted by Crippen LogP contribution is 2.38. The summed E-state index contributed by atoms with van der Waals surface area (Å²) in [6.45, 7) is 4.49. The van der Waals surface area contributed by atoms with Gasteiger partial charge in [0, 0.05) is 17.9 Å². The first-order valence-electron chi connectivity index (χ1n) is 7.57. The predicted molar refractivity (Wildman–Crippen MR) is 89.6 cm³/mol. The van der Waals surface area contributed by atoms with Gasteiger partial charge in [0.2, 0.25) is 5.91 Å². The molecule has 0 aliphatic carbocycles. The second-order valence-electron chi connectivity index (χ2n) is 5.56. The first-order valence-corrected chi connectivity index (χ1v) is 8.62. The van der Waals surface area contributed by atoms with Gasteiger partial charge in [-0.15, -0.1) is 11.8 Å². The van der Waals surface area contributed by atoms with Crippen LogP contribution in [0.4, 0.5) is 0 Å². The molecule has 23 heavy (non-hydrogen) atoms. The molecule has 1 fully saturated rings. The third-order valence-electron chi connectivity index (χ3n) is 4.12.